The van der Waals surface area contributed by atoms with Gasteiger partial charge >= 0.3 is 0 Å². The Kier molecular flexibility index (Phi) is 5.19. The lowest BCUT2D eigenvalue weighted by atomic mass is 10.0. The molecule has 144 valence electrons. The minimum absolute atomic E-state index is 0.118. The lowest BCUT2D eigenvalue weighted by molar-refractivity contribution is -0.137. The summed E-state index contributed by atoms with van der Waals surface area (Å²) in [6.45, 7) is 2.10. The summed E-state index contributed by atoms with van der Waals surface area (Å²) in [6.07, 6.45) is 0. The highest BCUT2D eigenvalue weighted by atomic mass is 35.5. The molecular formula is C24H19ClN2O2. The molecule has 1 heterocycles. The van der Waals surface area contributed by atoms with Gasteiger partial charge in [0.2, 0.25) is 0 Å². The van der Waals surface area contributed by atoms with Crippen molar-refractivity contribution in [2.24, 2.45) is 0 Å². The van der Waals surface area contributed by atoms with Crippen LogP contribution in [-0.2, 0) is 16.1 Å². The minimum atomic E-state index is -0.366. The van der Waals surface area contributed by atoms with Gasteiger partial charge in [-0.05, 0) is 36.2 Å². The zero-order valence-corrected chi connectivity index (χ0v) is 16.6. The molecular weight excluding hydrogens is 384 g/mol. The second-order valence-corrected chi connectivity index (χ2v) is 7.30. The number of carbonyl (C=O) groups is 2. The summed E-state index contributed by atoms with van der Waals surface area (Å²) >= 11 is 6.26. The smallest absolute Gasteiger partial charge is 0.278 e. The number of halogens is 1. The SMILES string of the molecule is Cc1ccc(C2=C(Nc3ccccc3)C(=O)N(Cc3ccccc3Cl)C2=O)cc1. The van der Waals surface area contributed by atoms with Crippen molar-refractivity contribution in [3.05, 3.63) is 106 Å². The third-order valence-electron chi connectivity index (χ3n) is 4.84. The average molecular weight is 403 g/mol. The Bertz CT molecular complexity index is 1110. The van der Waals surface area contributed by atoms with Gasteiger partial charge in [0.15, 0.2) is 0 Å². The Labute approximate surface area is 174 Å². The van der Waals surface area contributed by atoms with Crippen molar-refractivity contribution in [2.45, 2.75) is 13.5 Å². The number of hydrogen-bond donors (Lipinski definition) is 1. The maximum absolute atomic E-state index is 13.3. The highest BCUT2D eigenvalue weighted by Gasteiger charge is 2.39. The molecule has 0 saturated heterocycles. The molecule has 1 N–H and O–H groups in total. The summed E-state index contributed by atoms with van der Waals surface area (Å²) in [6, 6.07) is 24.2. The number of rotatable bonds is 5. The maximum Gasteiger partial charge on any atom is 0.278 e. The molecule has 0 bridgehead atoms. The zero-order valence-electron chi connectivity index (χ0n) is 15.9. The van der Waals surface area contributed by atoms with Gasteiger partial charge in [-0.3, -0.25) is 14.5 Å². The van der Waals surface area contributed by atoms with Crippen LogP contribution in [-0.4, -0.2) is 16.7 Å². The standard InChI is InChI=1S/C24H19ClN2O2/c1-16-11-13-17(14-12-16)21-22(26-19-8-3-2-4-9-19)24(29)27(23(21)28)15-18-7-5-6-10-20(18)25/h2-14,26H,15H2,1H3. The fraction of sp³-hybridized carbons (Fsp3) is 0.0833. The molecule has 4 nitrogen and oxygen atoms in total. The van der Waals surface area contributed by atoms with E-state index in [-0.39, 0.29) is 24.1 Å². The average Bonchev–Trinajstić information content (AvgIpc) is 2.95. The molecule has 0 saturated carbocycles. The molecule has 0 radical (unpaired) electrons. The van der Waals surface area contributed by atoms with E-state index in [0.717, 1.165) is 16.8 Å². The van der Waals surface area contributed by atoms with Gasteiger partial charge in [0, 0.05) is 10.7 Å². The first kappa shape index (κ1) is 19.0. The lowest BCUT2D eigenvalue weighted by Crippen LogP contribution is -2.32. The number of amides is 2. The molecule has 0 fully saturated rings. The van der Waals surface area contributed by atoms with Crippen LogP contribution in [0, 0.1) is 6.92 Å². The fourth-order valence-electron chi connectivity index (χ4n) is 3.29. The van der Waals surface area contributed by atoms with Gasteiger partial charge in [0.1, 0.15) is 5.70 Å². The Morgan fingerprint density at radius 2 is 1.48 bits per heavy atom. The summed E-state index contributed by atoms with van der Waals surface area (Å²) in [5, 5.41) is 3.67. The molecule has 0 aromatic heterocycles. The lowest BCUT2D eigenvalue weighted by Gasteiger charge is -2.16. The van der Waals surface area contributed by atoms with Gasteiger partial charge in [-0.1, -0.05) is 77.8 Å². The second-order valence-electron chi connectivity index (χ2n) is 6.89. The van der Waals surface area contributed by atoms with E-state index in [1.54, 1.807) is 6.07 Å². The van der Waals surface area contributed by atoms with Crippen molar-refractivity contribution < 1.29 is 9.59 Å². The summed E-state index contributed by atoms with van der Waals surface area (Å²) in [7, 11) is 0. The van der Waals surface area contributed by atoms with Crippen LogP contribution in [0.1, 0.15) is 16.7 Å². The highest BCUT2D eigenvalue weighted by molar-refractivity contribution is 6.36. The summed E-state index contributed by atoms with van der Waals surface area (Å²) in [4.78, 5) is 27.7. The van der Waals surface area contributed by atoms with Gasteiger partial charge < -0.3 is 5.32 Å². The number of aryl methyl sites for hydroxylation is 1. The van der Waals surface area contributed by atoms with Crippen LogP contribution in [0.15, 0.2) is 84.6 Å². The van der Waals surface area contributed by atoms with Gasteiger partial charge in [0.25, 0.3) is 11.8 Å². The molecule has 5 heteroatoms. The van der Waals surface area contributed by atoms with Crippen molar-refractivity contribution in [2.75, 3.05) is 5.32 Å². The number of benzene rings is 3. The predicted molar refractivity (Wildman–Crippen MR) is 115 cm³/mol. The van der Waals surface area contributed by atoms with E-state index in [9.17, 15) is 9.59 Å². The molecule has 3 aromatic carbocycles. The van der Waals surface area contributed by atoms with Gasteiger partial charge in [0.05, 0.1) is 12.1 Å². The van der Waals surface area contributed by atoms with Crippen LogP contribution in [0.4, 0.5) is 5.69 Å². The van der Waals surface area contributed by atoms with Crippen molar-refractivity contribution >= 4 is 34.7 Å². The molecule has 1 aliphatic heterocycles. The van der Waals surface area contributed by atoms with Crippen molar-refractivity contribution in [3.63, 3.8) is 0 Å². The van der Waals surface area contributed by atoms with Crippen LogP contribution >= 0.6 is 11.6 Å². The molecule has 0 atom stereocenters. The molecule has 0 aliphatic carbocycles. The third-order valence-corrected chi connectivity index (χ3v) is 5.21. The van der Waals surface area contributed by atoms with Gasteiger partial charge in [-0.25, -0.2) is 0 Å². The quantitative estimate of drug-likeness (QED) is 0.608. The summed E-state index contributed by atoms with van der Waals surface area (Å²) in [5.41, 5.74) is 3.89. The number of para-hydroxylation sites is 1. The first-order chi connectivity index (χ1) is 14.0. The van der Waals surface area contributed by atoms with E-state index in [4.69, 9.17) is 11.6 Å². The van der Waals surface area contributed by atoms with E-state index >= 15 is 0 Å². The fourth-order valence-corrected chi connectivity index (χ4v) is 3.48. The van der Waals surface area contributed by atoms with Crippen LogP contribution < -0.4 is 5.32 Å². The molecule has 4 rings (SSSR count). The Morgan fingerprint density at radius 1 is 0.828 bits per heavy atom. The number of imide groups is 1. The molecule has 2 amide bonds. The minimum Gasteiger partial charge on any atom is -0.350 e. The molecule has 1 aliphatic rings. The number of nitrogens with zero attached hydrogens (tertiary/aromatic N) is 1. The second kappa shape index (κ2) is 7.94. The Balaban J connectivity index is 1.75. The first-order valence-electron chi connectivity index (χ1n) is 9.27. The van der Waals surface area contributed by atoms with Crippen LogP contribution in [0.3, 0.4) is 0 Å². The number of carbonyl (C=O) groups excluding carboxylic acids is 2. The van der Waals surface area contributed by atoms with Crippen LogP contribution in [0.5, 0.6) is 0 Å². The molecule has 0 spiro atoms. The van der Waals surface area contributed by atoms with Gasteiger partial charge in [-0.2, -0.15) is 0 Å². The largest absolute Gasteiger partial charge is 0.350 e. The predicted octanol–water partition coefficient (Wildman–Crippen LogP) is 5.04. The third kappa shape index (κ3) is 3.80. The van der Waals surface area contributed by atoms with E-state index in [0.29, 0.717) is 16.2 Å². The highest BCUT2D eigenvalue weighted by Crippen LogP contribution is 2.32. The topological polar surface area (TPSA) is 49.4 Å². The molecule has 29 heavy (non-hydrogen) atoms. The monoisotopic (exact) mass is 402 g/mol. The maximum atomic E-state index is 13.3. The Morgan fingerprint density at radius 3 is 2.17 bits per heavy atom. The van der Waals surface area contributed by atoms with Crippen molar-refractivity contribution in [1.82, 2.24) is 4.90 Å². The molecule has 0 unspecified atom stereocenters. The van der Waals surface area contributed by atoms with E-state index in [1.807, 2.05) is 79.7 Å². The van der Waals surface area contributed by atoms with E-state index < -0.39 is 0 Å². The zero-order chi connectivity index (χ0) is 20.4. The summed E-state index contributed by atoms with van der Waals surface area (Å²) < 4.78 is 0. The Hall–Kier alpha value is -3.37. The van der Waals surface area contributed by atoms with Gasteiger partial charge in [-0.15, -0.1) is 0 Å². The normalized spacial score (nSPS) is 13.9. The van der Waals surface area contributed by atoms with Crippen molar-refractivity contribution in [3.8, 4) is 0 Å². The first-order valence-corrected chi connectivity index (χ1v) is 9.65. The van der Waals surface area contributed by atoms with E-state index in [1.165, 1.54) is 4.90 Å². The van der Waals surface area contributed by atoms with E-state index in [2.05, 4.69) is 5.32 Å². The number of anilines is 1. The summed E-state index contributed by atoms with van der Waals surface area (Å²) in [5.74, 6) is -0.702. The number of nitrogens with one attached hydrogen (secondary N) is 1. The van der Waals surface area contributed by atoms with Crippen LogP contribution in [0.25, 0.3) is 5.57 Å². The van der Waals surface area contributed by atoms with Crippen LogP contribution in [0.2, 0.25) is 5.02 Å². The number of hydrogen-bond acceptors (Lipinski definition) is 3. The molecule has 3 aromatic rings. The van der Waals surface area contributed by atoms with Crippen molar-refractivity contribution in [1.29, 1.82) is 0 Å².